The van der Waals surface area contributed by atoms with Crippen molar-refractivity contribution in [1.82, 2.24) is 9.62 Å². The van der Waals surface area contributed by atoms with Gasteiger partial charge in [-0.1, -0.05) is 32.1 Å². The standard InChI is InChI=1S/C24H35N3O4S/c28-23-12-6-8-18-16-21(13-14-22(18)26-23)32(30,31)27-15-7-9-19(17-27)24(29)25-20-10-4-2-1-3-5-11-20/h13-14,16,19-20H,1-12,15,17H2,(H,25,29)(H,26,28)/t19-/m0/s1. The van der Waals surface area contributed by atoms with E-state index >= 15 is 0 Å². The summed E-state index contributed by atoms with van der Waals surface area (Å²) in [5, 5.41) is 6.07. The van der Waals surface area contributed by atoms with Crippen LogP contribution >= 0.6 is 0 Å². The average molecular weight is 462 g/mol. The molecule has 0 unspecified atom stereocenters. The van der Waals surface area contributed by atoms with Gasteiger partial charge in [0.15, 0.2) is 0 Å². The summed E-state index contributed by atoms with van der Waals surface area (Å²) in [5.41, 5.74) is 1.55. The lowest BCUT2D eigenvalue weighted by atomic mass is 9.94. The van der Waals surface area contributed by atoms with E-state index < -0.39 is 10.0 Å². The molecule has 0 spiro atoms. The van der Waals surface area contributed by atoms with E-state index in [9.17, 15) is 18.0 Å². The zero-order valence-electron chi connectivity index (χ0n) is 18.8. The van der Waals surface area contributed by atoms with Crippen molar-refractivity contribution in [2.45, 2.75) is 88.0 Å². The first-order chi connectivity index (χ1) is 15.4. The van der Waals surface area contributed by atoms with Crippen molar-refractivity contribution in [3.8, 4) is 0 Å². The second kappa shape index (κ2) is 10.3. The summed E-state index contributed by atoms with van der Waals surface area (Å²) in [6, 6.07) is 5.16. The number of aryl methyl sites for hydroxylation is 1. The van der Waals surface area contributed by atoms with Crippen LogP contribution in [0.1, 0.15) is 76.2 Å². The number of nitrogens with zero attached hydrogens (tertiary/aromatic N) is 1. The van der Waals surface area contributed by atoms with Crippen LogP contribution in [0.25, 0.3) is 0 Å². The maximum Gasteiger partial charge on any atom is 0.243 e. The van der Waals surface area contributed by atoms with E-state index in [2.05, 4.69) is 10.6 Å². The average Bonchev–Trinajstić information content (AvgIpc) is 2.95. The number of hydrogen-bond acceptors (Lipinski definition) is 4. The van der Waals surface area contributed by atoms with E-state index in [-0.39, 0.29) is 35.2 Å². The maximum absolute atomic E-state index is 13.4. The van der Waals surface area contributed by atoms with Crippen LogP contribution in [0.3, 0.4) is 0 Å². The molecule has 2 fully saturated rings. The fourth-order valence-corrected chi connectivity index (χ4v) is 6.73. The monoisotopic (exact) mass is 461 g/mol. The van der Waals surface area contributed by atoms with Gasteiger partial charge in [0.1, 0.15) is 0 Å². The molecule has 2 amide bonds. The van der Waals surface area contributed by atoms with Crippen LogP contribution in [-0.4, -0.2) is 43.7 Å². The molecule has 1 atom stereocenters. The zero-order valence-corrected chi connectivity index (χ0v) is 19.6. The minimum Gasteiger partial charge on any atom is -0.353 e. The van der Waals surface area contributed by atoms with Crippen molar-refractivity contribution in [2.24, 2.45) is 5.92 Å². The van der Waals surface area contributed by atoms with Crippen molar-refractivity contribution < 1.29 is 18.0 Å². The predicted octanol–water partition coefficient (Wildman–Crippen LogP) is 3.59. The number of sulfonamides is 1. The topological polar surface area (TPSA) is 95.6 Å². The summed E-state index contributed by atoms with van der Waals surface area (Å²) in [7, 11) is -3.69. The molecule has 4 rings (SSSR count). The smallest absolute Gasteiger partial charge is 0.243 e. The molecular weight excluding hydrogens is 426 g/mol. The SMILES string of the molecule is O=C1CCCc2cc(S(=O)(=O)N3CCC[C@H](C(=O)NC4CCCCCCC4)C3)ccc2N1. The summed E-state index contributed by atoms with van der Waals surface area (Å²) < 4.78 is 28.2. The lowest BCUT2D eigenvalue weighted by Gasteiger charge is -2.32. The molecule has 8 heteroatoms. The van der Waals surface area contributed by atoms with Gasteiger partial charge in [-0.2, -0.15) is 4.31 Å². The van der Waals surface area contributed by atoms with Crippen molar-refractivity contribution in [3.63, 3.8) is 0 Å². The Hall–Kier alpha value is -1.93. The number of benzene rings is 1. The van der Waals surface area contributed by atoms with Gasteiger partial charge >= 0.3 is 0 Å². The van der Waals surface area contributed by atoms with Crippen LogP contribution in [0.2, 0.25) is 0 Å². The molecule has 3 aliphatic rings. The number of amides is 2. The minimum absolute atomic E-state index is 0.000106. The third-order valence-electron chi connectivity index (χ3n) is 7.04. The van der Waals surface area contributed by atoms with Gasteiger partial charge in [-0.05, 0) is 62.3 Å². The zero-order chi connectivity index (χ0) is 22.6. The summed E-state index contributed by atoms with van der Waals surface area (Å²) in [6.07, 6.45) is 11.3. The number of piperidine rings is 1. The Labute approximate surface area is 191 Å². The molecule has 0 aromatic heterocycles. The molecule has 0 bridgehead atoms. The molecule has 1 aliphatic carbocycles. The molecule has 2 aliphatic heterocycles. The molecule has 32 heavy (non-hydrogen) atoms. The van der Waals surface area contributed by atoms with Crippen LogP contribution in [0.15, 0.2) is 23.1 Å². The Morgan fingerprint density at radius 1 is 0.969 bits per heavy atom. The van der Waals surface area contributed by atoms with Crippen LogP contribution in [0, 0.1) is 5.92 Å². The molecule has 1 aromatic carbocycles. The first kappa shape index (κ1) is 23.2. The summed E-state index contributed by atoms with van der Waals surface area (Å²) in [5.74, 6) is -0.335. The van der Waals surface area contributed by atoms with Gasteiger partial charge in [-0.3, -0.25) is 9.59 Å². The van der Waals surface area contributed by atoms with E-state index in [4.69, 9.17) is 0 Å². The van der Waals surface area contributed by atoms with Crippen molar-refractivity contribution in [1.29, 1.82) is 0 Å². The number of nitrogens with one attached hydrogen (secondary N) is 2. The third kappa shape index (κ3) is 5.52. The first-order valence-corrected chi connectivity index (χ1v) is 13.6. The highest BCUT2D eigenvalue weighted by Gasteiger charge is 2.34. The summed E-state index contributed by atoms with van der Waals surface area (Å²) in [4.78, 5) is 25.0. The highest BCUT2D eigenvalue weighted by atomic mass is 32.2. The quantitative estimate of drug-likeness (QED) is 0.716. The number of rotatable bonds is 4. The van der Waals surface area contributed by atoms with Crippen LogP contribution < -0.4 is 10.6 Å². The Balaban J connectivity index is 1.43. The van der Waals surface area contributed by atoms with E-state index in [0.29, 0.717) is 37.9 Å². The second-order valence-electron chi connectivity index (χ2n) is 9.47. The molecule has 2 N–H and O–H groups in total. The summed E-state index contributed by atoms with van der Waals surface area (Å²) >= 11 is 0. The Morgan fingerprint density at radius 2 is 1.72 bits per heavy atom. The third-order valence-corrected chi connectivity index (χ3v) is 8.91. The highest BCUT2D eigenvalue weighted by Crippen LogP contribution is 2.29. The Kier molecular flexibility index (Phi) is 7.51. The van der Waals surface area contributed by atoms with Crippen molar-refractivity contribution in [3.05, 3.63) is 23.8 Å². The van der Waals surface area contributed by atoms with Gasteiger partial charge in [0, 0.05) is 31.2 Å². The highest BCUT2D eigenvalue weighted by molar-refractivity contribution is 7.89. The van der Waals surface area contributed by atoms with Gasteiger partial charge in [-0.15, -0.1) is 0 Å². The van der Waals surface area contributed by atoms with Crippen LogP contribution in [-0.2, 0) is 26.0 Å². The molecule has 7 nitrogen and oxygen atoms in total. The number of fused-ring (bicyclic) bond motifs is 1. The Bertz CT molecular complexity index is 939. The first-order valence-electron chi connectivity index (χ1n) is 12.2. The van der Waals surface area contributed by atoms with Crippen LogP contribution in [0.5, 0.6) is 0 Å². The van der Waals surface area contributed by atoms with E-state index in [0.717, 1.165) is 37.7 Å². The molecule has 1 saturated carbocycles. The number of anilines is 1. The summed E-state index contributed by atoms with van der Waals surface area (Å²) in [6.45, 7) is 0.665. The van der Waals surface area contributed by atoms with Gasteiger partial charge in [0.05, 0.1) is 10.8 Å². The molecule has 176 valence electrons. The fraction of sp³-hybridized carbons (Fsp3) is 0.667. The number of carbonyl (C=O) groups is 2. The molecule has 0 radical (unpaired) electrons. The minimum atomic E-state index is -3.69. The maximum atomic E-state index is 13.4. The van der Waals surface area contributed by atoms with Gasteiger partial charge in [0.2, 0.25) is 21.8 Å². The van der Waals surface area contributed by atoms with E-state index in [1.54, 1.807) is 18.2 Å². The van der Waals surface area contributed by atoms with E-state index in [1.807, 2.05) is 0 Å². The van der Waals surface area contributed by atoms with Gasteiger partial charge in [0.25, 0.3) is 0 Å². The van der Waals surface area contributed by atoms with Gasteiger partial charge < -0.3 is 10.6 Å². The lowest BCUT2D eigenvalue weighted by Crippen LogP contribution is -2.47. The number of hydrogen-bond donors (Lipinski definition) is 2. The van der Waals surface area contributed by atoms with E-state index in [1.165, 1.54) is 23.6 Å². The molecule has 1 aromatic rings. The van der Waals surface area contributed by atoms with Crippen molar-refractivity contribution >= 4 is 27.5 Å². The predicted molar refractivity (Wildman–Crippen MR) is 124 cm³/mol. The normalized spacial score (nSPS) is 23.9. The number of carbonyl (C=O) groups excluding carboxylic acids is 2. The molecular formula is C24H35N3O4S. The van der Waals surface area contributed by atoms with Gasteiger partial charge in [-0.25, -0.2) is 8.42 Å². The fourth-order valence-electron chi connectivity index (χ4n) is 5.15. The molecule has 2 heterocycles. The van der Waals surface area contributed by atoms with Crippen molar-refractivity contribution in [2.75, 3.05) is 18.4 Å². The largest absolute Gasteiger partial charge is 0.353 e. The molecule has 1 saturated heterocycles. The lowest BCUT2D eigenvalue weighted by molar-refractivity contribution is -0.127. The van der Waals surface area contributed by atoms with Crippen LogP contribution in [0.4, 0.5) is 5.69 Å². The Morgan fingerprint density at radius 3 is 2.50 bits per heavy atom. The second-order valence-corrected chi connectivity index (χ2v) is 11.4.